The maximum absolute atomic E-state index is 11.9. The zero-order valence-corrected chi connectivity index (χ0v) is 13.2. The molecule has 118 valence electrons. The molecule has 5 heteroatoms. The number of carbonyl (C=O) groups is 1. The molecule has 1 aromatic heterocycles. The Labute approximate surface area is 131 Å². The summed E-state index contributed by atoms with van der Waals surface area (Å²) in [4.78, 5) is 11.9. The second kappa shape index (κ2) is 7.75. The standard InChI is InChI=1S/C17H23N3O2/c1-3-4-9-17(22)18-16-12-15(19-20(16)10-11-21)14-8-6-5-7-13(14)2/h5-8,12,21H,3-4,9-11H2,1-2H3,(H,18,22). The van der Waals surface area contributed by atoms with Gasteiger partial charge in [0, 0.05) is 18.1 Å². The average Bonchev–Trinajstić information content (AvgIpc) is 2.88. The van der Waals surface area contributed by atoms with E-state index < -0.39 is 0 Å². The predicted octanol–water partition coefficient (Wildman–Crippen LogP) is 2.98. The smallest absolute Gasteiger partial charge is 0.225 e. The van der Waals surface area contributed by atoms with E-state index in [1.807, 2.05) is 37.3 Å². The lowest BCUT2D eigenvalue weighted by atomic mass is 10.1. The van der Waals surface area contributed by atoms with Gasteiger partial charge < -0.3 is 10.4 Å². The summed E-state index contributed by atoms with van der Waals surface area (Å²) in [5.74, 6) is 0.616. The molecule has 0 bridgehead atoms. The van der Waals surface area contributed by atoms with Crippen LogP contribution in [0.25, 0.3) is 11.3 Å². The molecule has 0 atom stereocenters. The highest BCUT2D eigenvalue weighted by molar-refractivity contribution is 5.90. The number of nitrogens with one attached hydrogen (secondary N) is 1. The molecule has 2 rings (SSSR count). The van der Waals surface area contributed by atoms with Crippen molar-refractivity contribution < 1.29 is 9.90 Å². The van der Waals surface area contributed by atoms with Gasteiger partial charge in [0.05, 0.1) is 18.8 Å². The Balaban J connectivity index is 2.26. The van der Waals surface area contributed by atoms with Crippen molar-refractivity contribution in [2.24, 2.45) is 0 Å². The number of anilines is 1. The van der Waals surface area contributed by atoms with Crippen LogP contribution in [0.3, 0.4) is 0 Å². The van der Waals surface area contributed by atoms with Crippen molar-refractivity contribution in [3.63, 3.8) is 0 Å². The van der Waals surface area contributed by atoms with Crippen LogP contribution in [0.1, 0.15) is 31.7 Å². The highest BCUT2D eigenvalue weighted by Gasteiger charge is 2.13. The molecule has 0 aliphatic carbocycles. The average molecular weight is 301 g/mol. The van der Waals surface area contributed by atoms with Crippen LogP contribution in [0.4, 0.5) is 5.82 Å². The number of carbonyl (C=O) groups excluding carboxylic acids is 1. The molecule has 0 radical (unpaired) electrons. The maximum Gasteiger partial charge on any atom is 0.225 e. The van der Waals surface area contributed by atoms with Gasteiger partial charge in [-0.25, -0.2) is 4.68 Å². The van der Waals surface area contributed by atoms with Crippen LogP contribution in [0.5, 0.6) is 0 Å². The molecule has 2 aromatic rings. The number of aliphatic hydroxyl groups excluding tert-OH is 1. The second-order valence-electron chi connectivity index (χ2n) is 5.33. The van der Waals surface area contributed by atoms with E-state index >= 15 is 0 Å². The van der Waals surface area contributed by atoms with E-state index in [4.69, 9.17) is 0 Å². The fraction of sp³-hybridized carbons (Fsp3) is 0.412. The number of benzene rings is 1. The fourth-order valence-electron chi connectivity index (χ4n) is 2.32. The molecule has 5 nitrogen and oxygen atoms in total. The summed E-state index contributed by atoms with van der Waals surface area (Å²) in [7, 11) is 0. The van der Waals surface area contributed by atoms with E-state index in [2.05, 4.69) is 17.3 Å². The Morgan fingerprint density at radius 2 is 2.14 bits per heavy atom. The zero-order valence-electron chi connectivity index (χ0n) is 13.2. The van der Waals surface area contributed by atoms with Crippen molar-refractivity contribution in [1.82, 2.24) is 9.78 Å². The van der Waals surface area contributed by atoms with Gasteiger partial charge in [0.2, 0.25) is 5.91 Å². The molecule has 0 aliphatic rings. The maximum atomic E-state index is 11.9. The molecule has 0 aliphatic heterocycles. The minimum atomic E-state index is -0.0211. The number of amides is 1. The molecular weight excluding hydrogens is 278 g/mol. The molecule has 0 fully saturated rings. The second-order valence-corrected chi connectivity index (χ2v) is 5.33. The first-order chi connectivity index (χ1) is 10.7. The van der Waals surface area contributed by atoms with Crippen molar-refractivity contribution in [2.45, 2.75) is 39.7 Å². The lowest BCUT2D eigenvalue weighted by Gasteiger charge is -2.07. The van der Waals surface area contributed by atoms with E-state index in [0.29, 0.717) is 18.8 Å². The predicted molar refractivity (Wildman–Crippen MR) is 87.6 cm³/mol. The van der Waals surface area contributed by atoms with Gasteiger partial charge in [-0.05, 0) is 18.9 Å². The summed E-state index contributed by atoms with van der Waals surface area (Å²) in [6.45, 7) is 4.42. The number of aromatic nitrogens is 2. The number of rotatable bonds is 7. The van der Waals surface area contributed by atoms with Gasteiger partial charge in [-0.3, -0.25) is 4.79 Å². The number of nitrogens with zero attached hydrogens (tertiary/aromatic N) is 2. The summed E-state index contributed by atoms with van der Waals surface area (Å²) >= 11 is 0. The van der Waals surface area contributed by atoms with Crippen LogP contribution < -0.4 is 5.32 Å². The molecule has 0 saturated carbocycles. The Hall–Kier alpha value is -2.14. The summed E-state index contributed by atoms with van der Waals surface area (Å²) in [6.07, 6.45) is 2.35. The third kappa shape index (κ3) is 3.95. The van der Waals surface area contributed by atoms with Crippen LogP contribution in [0, 0.1) is 6.92 Å². The lowest BCUT2D eigenvalue weighted by molar-refractivity contribution is -0.116. The SMILES string of the molecule is CCCCC(=O)Nc1cc(-c2ccccc2C)nn1CCO. The van der Waals surface area contributed by atoms with Gasteiger partial charge in [0.1, 0.15) is 5.82 Å². The van der Waals surface area contributed by atoms with E-state index in [0.717, 1.165) is 29.7 Å². The minimum absolute atomic E-state index is 0.0164. The molecule has 1 aromatic carbocycles. The van der Waals surface area contributed by atoms with Gasteiger partial charge in [-0.2, -0.15) is 5.10 Å². The van der Waals surface area contributed by atoms with Crippen LogP contribution in [-0.2, 0) is 11.3 Å². The van der Waals surface area contributed by atoms with Crippen molar-refractivity contribution >= 4 is 11.7 Å². The summed E-state index contributed by atoms with van der Waals surface area (Å²) in [6, 6.07) is 9.84. The molecule has 0 saturated heterocycles. The van der Waals surface area contributed by atoms with Gasteiger partial charge in [-0.1, -0.05) is 37.6 Å². The quantitative estimate of drug-likeness (QED) is 0.826. The molecule has 1 heterocycles. The van der Waals surface area contributed by atoms with Crippen molar-refractivity contribution in [1.29, 1.82) is 0 Å². The van der Waals surface area contributed by atoms with Gasteiger partial charge in [-0.15, -0.1) is 0 Å². The highest BCUT2D eigenvalue weighted by Crippen LogP contribution is 2.25. The number of hydrogen-bond acceptors (Lipinski definition) is 3. The monoisotopic (exact) mass is 301 g/mol. The van der Waals surface area contributed by atoms with Gasteiger partial charge >= 0.3 is 0 Å². The number of hydrogen-bond donors (Lipinski definition) is 2. The summed E-state index contributed by atoms with van der Waals surface area (Å²) in [5.41, 5.74) is 2.96. The topological polar surface area (TPSA) is 67.2 Å². The normalized spacial score (nSPS) is 10.7. The Morgan fingerprint density at radius 1 is 1.36 bits per heavy atom. The van der Waals surface area contributed by atoms with Crippen LogP contribution >= 0.6 is 0 Å². The number of unbranched alkanes of at least 4 members (excludes halogenated alkanes) is 1. The van der Waals surface area contributed by atoms with E-state index in [9.17, 15) is 9.90 Å². The van der Waals surface area contributed by atoms with Crippen molar-refractivity contribution in [3.8, 4) is 11.3 Å². The third-order valence-corrected chi connectivity index (χ3v) is 3.54. The fourth-order valence-corrected chi connectivity index (χ4v) is 2.32. The number of aliphatic hydroxyl groups is 1. The van der Waals surface area contributed by atoms with E-state index in [1.54, 1.807) is 4.68 Å². The van der Waals surface area contributed by atoms with Gasteiger partial charge in [0.15, 0.2) is 0 Å². The third-order valence-electron chi connectivity index (χ3n) is 3.54. The first-order valence-corrected chi connectivity index (χ1v) is 7.70. The van der Waals surface area contributed by atoms with Crippen LogP contribution in [0.15, 0.2) is 30.3 Å². The minimum Gasteiger partial charge on any atom is -0.394 e. The Kier molecular flexibility index (Phi) is 5.72. The summed E-state index contributed by atoms with van der Waals surface area (Å²) < 4.78 is 1.64. The van der Waals surface area contributed by atoms with Crippen LogP contribution in [-0.4, -0.2) is 27.4 Å². The molecule has 2 N–H and O–H groups in total. The van der Waals surface area contributed by atoms with Crippen molar-refractivity contribution in [2.75, 3.05) is 11.9 Å². The summed E-state index contributed by atoms with van der Waals surface area (Å²) in [5, 5.41) is 16.6. The van der Waals surface area contributed by atoms with Crippen LogP contribution in [0.2, 0.25) is 0 Å². The Bertz CT molecular complexity index is 635. The highest BCUT2D eigenvalue weighted by atomic mass is 16.3. The van der Waals surface area contributed by atoms with Crippen molar-refractivity contribution in [3.05, 3.63) is 35.9 Å². The molecule has 1 amide bonds. The Morgan fingerprint density at radius 3 is 2.82 bits per heavy atom. The molecular formula is C17H23N3O2. The first-order valence-electron chi connectivity index (χ1n) is 7.70. The van der Waals surface area contributed by atoms with Gasteiger partial charge in [0.25, 0.3) is 0 Å². The largest absolute Gasteiger partial charge is 0.394 e. The van der Waals surface area contributed by atoms with E-state index in [1.165, 1.54) is 0 Å². The molecule has 0 spiro atoms. The lowest BCUT2D eigenvalue weighted by Crippen LogP contribution is -2.16. The molecule has 0 unspecified atom stereocenters. The van der Waals surface area contributed by atoms with E-state index in [-0.39, 0.29) is 12.5 Å². The zero-order chi connectivity index (χ0) is 15.9. The first kappa shape index (κ1) is 16.2. The molecule has 22 heavy (non-hydrogen) atoms. The number of aryl methyl sites for hydroxylation is 1.